The van der Waals surface area contributed by atoms with Crippen LogP contribution in [0.1, 0.15) is 18.2 Å². The van der Waals surface area contributed by atoms with Crippen LogP contribution in [-0.4, -0.2) is 22.5 Å². The monoisotopic (exact) mass is 253 g/mol. The highest BCUT2D eigenvalue weighted by molar-refractivity contribution is 6.30. The molecule has 6 heteroatoms. The minimum absolute atomic E-state index is 0.105. The number of nitrogens with zero attached hydrogens (tertiary/aromatic N) is 2. The molecule has 0 unspecified atom stereocenters. The van der Waals surface area contributed by atoms with Crippen molar-refractivity contribution in [3.63, 3.8) is 0 Å². The van der Waals surface area contributed by atoms with Crippen molar-refractivity contribution in [2.24, 2.45) is 5.73 Å². The molecule has 0 saturated carbocycles. The molecule has 0 radical (unpaired) electrons. The molecule has 0 amide bonds. The maximum absolute atomic E-state index is 11.1. The largest absolute Gasteiger partial charge is 0.469 e. The number of carbonyl (C=O) groups excluding carboxylic acids is 1. The van der Waals surface area contributed by atoms with Gasteiger partial charge >= 0.3 is 5.97 Å². The second-order valence-corrected chi connectivity index (χ2v) is 4.10. The summed E-state index contributed by atoms with van der Waals surface area (Å²) in [7, 11) is 1.33. The van der Waals surface area contributed by atoms with Crippen LogP contribution in [0.25, 0.3) is 5.65 Å². The van der Waals surface area contributed by atoms with Crippen LogP contribution in [0, 0.1) is 0 Å². The van der Waals surface area contributed by atoms with Crippen LogP contribution < -0.4 is 5.73 Å². The number of halogens is 1. The van der Waals surface area contributed by atoms with Crippen molar-refractivity contribution in [3.05, 3.63) is 35.2 Å². The molecule has 2 aromatic rings. The predicted molar refractivity (Wildman–Crippen MR) is 63.8 cm³/mol. The maximum Gasteiger partial charge on any atom is 0.307 e. The quantitative estimate of drug-likeness (QED) is 0.843. The van der Waals surface area contributed by atoms with Gasteiger partial charge in [0.05, 0.1) is 30.3 Å². The third kappa shape index (κ3) is 2.57. The molecule has 90 valence electrons. The molecule has 0 aliphatic carbocycles. The molecule has 0 fully saturated rings. The molecule has 5 nitrogen and oxygen atoms in total. The van der Waals surface area contributed by atoms with Crippen LogP contribution in [0.5, 0.6) is 0 Å². The van der Waals surface area contributed by atoms with E-state index in [0.717, 1.165) is 5.65 Å². The van der Waals surface area contributed by atoms with Gasteiger partial charge in [-0.15, -0.1) is 0 Å². The number of imidazole rings is 1. The molecule has 17 heavy (non-hydrogen) atoms. The van der Waals surface area contributed by atoms with Gasteiger partial charge in [-0.2, -0.15) is 0 Å². The van der Waals surface area contributed by atoms with Crippen LogP contribution in [0.2, 0.25) is 5.02 Å². The minimum Gasteiger partial charge on any atom is -0.469 e. The van der Waals surface area contributed by atoms with Crippen LogP contribution in [0.15, 0.2) is 24.5 Å². The van der Waals surface area contributed by atoms with Gasteiger partial charge in [0.1, 0.15) is 5.65 Å². The van der Waals surface area contributed by atoms with Gasteiger partial charge in [0, 0.05) is 12.4 Å². The Hall–Kier alpha value is -1.59. The van der Waals surface area contributed by atoms with Crippen molar-refractivity contribution in [1.29, 1.82) is 0 Å². The summed E-state index contributed by atoms with van der Waals surface area (Å²) in [5.74, 6) is -0.354. The highest BCUT2D eigenvalue weighted by Crippen LogP contribution is 2.17. The molecule has 2 heterocycles. The first-order chi connectivity index (χ1) is 8.10. The van der Waals surface area contributed by atoms with Crippen molar-refractivity contribution in [2.45, 2.75) is 12.5 Å². The summed E-state index contributed by atoms with van der Waals surface area (Å²) < 4.78 is 6.33. The van der Waals surface area contributed by atoms with Crippen molar-refractivity contribution in [2.75, 3.05) is 7.11 Å². The Kier molecular flexibility index (Phi) is 3.31. The predicted octanol–water partition coefficient (Wildman–Crippen LogP) is 1.55. The SMILES string of the molecule is COC(=O)C[C@@H](N)c1cn2cc(Cl)ccc2n1. The maximum atomic E-state index is 11.1. The third-order valence-electron chi connectivity index (χ3n) is 2.43. The highest BCUT2D eigenvalue weighted by atomic mass is 35.5. The number of hydrogen-bond donors (Lipinski definition) is 1. The molecular formula is C11H12ClN3O2. The first kappa shape index (κ1) is 11.9. The van der Waals surface area contributed by atoms with Gasteiger partial charge in [0.25, 0.3) is 0 Å². The van der Waals surface area contributed by atoms with E-state index in [4.69, 9.17) is 17.3 Å². The Morgan fingerprint density at radius 2 is 2.35 bits per heavy atom. The number of carbonyl (C=O) groups is 1. The molecule has 0 aromatic carbocycles. The number of esters is 1. The number of nitrogens with two attached hydrogens (primary N) is 1. The number of hydrogen-bond acceptors (Lipinski definition) is 4. The van der Waals surface area contributed by atoms with Gasteiger partial charge in [-0.3, -0.25) is 4.79 Å². The van der Waals surface area contributed by atoms with Gasteiger partial charge < -0.3 is 14.9 Å². The van der Waals surface area contributed by atoms with Gasteiger partial charge in [-0.05, 0) is 12.1 Å². The Morgan fingerprint density at radius 3 is 3.06 bits per heavy atom. The van der Waals surface area contributed by atoms with Gasteiger partial charge in [0.2, 0.25) is 0 Å². The van der Waals surface area contributed by atoms with Gasteiger partial charge in [0.15, 0.2) is 0 Å². The molecule has 0 saturated heterocycles. The van der Waals surface area contributed by atoms with E-state index in [1.54, 1.807) is 28.9 Å². The summed E-state index contributed by atoms with van der Waals surface area (Å²) in [5, 5.41) is 0.614. The van der Waals surface area contributed by atoms with E-state index in [1.165, 1.54) is 7.11 Å². The summed E-state index contributed by atoms with van der Waals surface area (Å²) in [4.78, 5) is 15.4. The van der Waals surface area contributed by atoms with Crippen molar-refractivity contribution >= 4 is 23.2 Å². The molecule has 2 rings (SSSR count). The fourth-order valence-electron chi connectivity index (χ4n) is 1.53. The zero-order valence-electron chi connectivity index (χ0n) is 9.26. The Bertz CT molecular complexity index is 553. The summed E-state index contributed by atoms with van der Waals surface area (Å²) in [5.41, 5.74) is 7.24. The average Bonchev–Trinajstić information content (AvgIpc) is 2.71. The summed E-state index contributed by atoms with van der Waals surface area (Å²) in [6.45, 7) is 0. The molecule has 0 aliphatic rings. The molecule has 2 N–H and O–H groups in total. The van der Waals surface area contributed by atoms with Crippen LogP contribution >= 0.6 is 11.6 Å². The second-order valence-electron chi connectivity index (χ2n) is 3.67. The summed E-state index contributed by atoms with van der Waals surface area (Å²) in [6.07, 6.45) is 3.60. The Labute approximate surface area is 103 Å². The number of rotatable bonds is 3. The van der Waals surface area contributed by atoms with E-state index in [-0.39, 0.29) is 12.4 Å². The third-order valence-corrected chi connectivity index (χ3v) is 2.65. The van der Waals surface area contributed by atoms with Crippen molar-refractivity contribution in [3.8, 4) is 0 Å². The zero-order valence-corrected chi connectivity index (χ0v) is 10.0. The smallest absolute Gasteiger partial charge is 0.307 e. The van der Waals surface area contributed by atoms with Crippen molar-refractivity contribution < 1.29 is 9.53 Å². The van der Waals surface area contributed by atoms with E-state index in [9.17, 15) is 4.79 Å². The molecule has 0 spiro atoms. The number of fused-ring (bicyclic) bond motifs is 1. The van der Waals surface area contributed by atoms with Crippen LogP contribution in [0.4, 0.5) is 0 Å². The second kappa shape index (κ2) is 4.73. The van der Waals surface area contributed by atoms with E-state index in [0.29, 0.717) is 10.7 Å². The van der Waals surface area contributed by atoms with E-state index >= 15 is 0 Å². The number of pyridine rings is 1. The first-order valence-corrected chi connectivity index (χ1v) is 5.44. The Morgan fingerprint density at radius 1 is 1.59 bits per heavy atom. The highest BCUT2D eigenvalue weighted by Gasteiger charge is 2.15. The van der Waals surface area contributed by atoms with Crippen LogP contribution in [0.3, 0.4) is 0 Å². The fourth-order valence-corrected chi connectivity index (χ4v) is 1.70. The lowest BCUT2D eigenvalue weighted by Crippen LogP contribution is -2.16. The standard InChI is InChI=1S/C11H12ClN3O2/c1-17-11(16)4-8(13)9-6-15-5-7(12)2-3-10(15)14-9/h2-3,5-6,8H,4,13H2,1H3/t8-/m1/s1. The molecule has 0 bridgehead atoms. The van der Waals surface area contributed by atoms with Crippen molar-refractivity contribution in [1.82, 2.24) is 9.38 Å². The number of aromatic nitrogens is 2. The molecule has 0 aliphatic heterocycles. The molecular weight excluding hydrogens is 242 g/mol. The number of ether oxygens (including phenoxy) is 1. The lowest BCUT2D eigenvalue weighted by atomic mass is 10.2. The van der Waals surface area contributed by atoms with E-state index in [2.05, 4.69) is 9.72 Å². The lowest BCUT2D eigenvalue weighted by Gasteiger charge is -2.05. The first-order valence-electron chi connectivity index (χ1n) is 5.06. The number of methoxy groups -OCH3 is 1. The van der Waals surface area contributed by atoms with Crippen LogP contribution in [-0.2, 0) is 9.53 Å². The van der Waals surface area contributed by atoms with E-state index < -0.39 is 6.04 Å². The Balaban J connectivity index is 2.27. The topological polar surface area (TPSA) is 69.6 Å². The lowest BCUT2D eigenvalue weighted by molar-refractivity contribution is -0.141. The fraction of sp³-hybridized carbons (Fsp3) is 0.273. The average molecular weight is 254 g/mol. The van der Waals surface area contributed by atoms with Gasteiger partial charge in [-0.1, -0.05) is 11.6 Å². The molecule has 1 atom stereocenters. The molecule has 2 aromatic heterocycles. The summed E-state index contributed by atoms with van der Waals surface area (Å²) >= 11 is 5.86. The zero-order chi connectivity index (χ0) is 12.4. The minimum atomic E-state index is -0.471. The normalized spacial score (nSPS) is 12.6. The van der Waals surface area contributed by atoms with E-state index in [1.807, 2.05) is 0 Å². The summed E-state index contributed by atoms with van der Waals surface area (Å²) in [6, 6.07) is 3.07. The van der Waals surface area contributed by atoms with Gasteiger partial charge in [-0.25, -0.2) is 4.98 Å².